The van der Waals surface area contributed by atoms with Crippen LogP contribution in [0.3, 0.4) is 0 Å². The fourth-order valence-corrected chi connectivity index (χ4v) is 6.74. The Balaban J connectivity index is 1.13. The number of aliphatic hydroxyl groups is 2. The number of nitrogens with two attached hydrogens (primary N) is 1. The molecule has 0 aromatic carbocycles. The van der Waals surface area contributed by atoms with Crippen molar-refractivity contribution in [3.63, 3.8) is 0 Å². The molecular weight excluding hydrogens is 625 g/mol. The van der Waals surface area contributed by atoms with E-state index in [2.05, 4.69) is 32.2 Å². The van der Waals surface area contributed by atoms with Gasteiger partial charge in [0, 0.05) is 19.7 Å². The molecule has 0 amide bonds. The van der Waals surface area contributed by atoms with E-state index < -0.39 is 74.2 Å². The number of anilines is 1. The molecule has 0 radical (unpaired) electrons. The van der Waals surface area contributed by atoms with Crippen LogP contribution in [0.2, 0.25) is 0 Å². The fraction of sp³-hybridized carbons (Fsp3) is 0.458. The second-order valence-electron chi connectivity index (χ2n) is 9.98. The molecule has 236 valence electrons. The van der Waals surface area contributed by atoms with E-state index in [4.69, 9.17) is 33.4 Å². The van der Waals surface area contributed by atoms with Crippen molar-refractivity contribution < 1.29 is 42.5 Å². The average Bonchev–Trinajstić information content (AvgIpc) is 3.78. The molecule has 20 heteroatoms. The summed E-state index contributed by atoms with van der Waals surface area (Å²) < 4.78 is 49.5. The first-order valence-corrected chi connectivity index (χ1v) is 15.9. The van der Waals surface area contributed by atoms with Crippen LogP contribution in [-0.4, -0.2) is 90.1 Å². The van der Waals surface area contributed by atoms with Crippen LogP contribution in [0.5, 0.6) is 0 Å². The number of nitrogens with zero attached hydrogens (tertiary/aromatic N) is 5. The molecular formula is C24H28N7O11PS. The highest BCUT2D eigenvalue weighted by molar-refractivity contribution is 8.44. The van der Waals surface area contributed by atoms with Crippen molar-refractivity contribution in [3.05, 3.63) is 58.1 Å². The maximum Gasteiger partial charge on any atom is 0.386 e. The Morgan fingerprint density at radius 2 is 2.05 bits per heavy atom. The number of aliphatic hydroxyl groups excluding tert-OH is 2. The van der Waals surface area contributed by atoms with Crippen molar-refractivity contribution in [1.82, 2.24) is 29.1 Å². The van der Waals surface area contributed by atoms with Crippen molar-refractivity contribution >= 4 is 36.0 Å². The molecule has 4 aromatic rings. The van der Waals surface area contributed by atoms with Crippen LogP contribution in [0, 0.1) is 0 Å². The molecule has 6 unspecified atom stereocenters. The van der Waals surface area contributed by atoms with Gasteiger partial charge in [0.15, 0.2) is 17.7 Å². The standard InChI is InChI=1S/C24H28N7O11PS/c1-37-19-18(33)15(41-23(19)31-10-28-17-20(25)26-9-27-21(17)31)8-39-43(36,44)42-13-5-16(40-14(13)7-32)30-6-11(12-3-2-4-38-12)22(34)29-24(30)35/h2-4,6,9-10,13-16,18-19,23,32-33H,5,7-8H2,1H3,(H,36,44)(H2,25,26,27)(H,29,34,35)/t13-,14?,15?,16-,18?,19?,23?,43?/m1/s1. The highest BCUT2D eigenvalue weighted by Crippen LogP contribution is 2.56. The Morgan fingerprint density at radius 1 is 1.23 bits per heavy atom. The first kappa shape index (κ1) is 30.6. The van der Waals surface area contributed by atoms with E-state index in [0.717, 1.165) is 4.57 Å². The lowest BCUT2D eigenvalue weighted by Crippen LogP contribution is -2.35. The zero-order valence-corrected chi connectivity index (χ0v) is 24.7. The number of ether oxygens (including phenoxy) is 3. The minimum atomic E-state index is -4.16. The summed E-state index contributed by atoms with van der Waals surface area (Å²) in [6.45, 7) is -5.13. The summed E-state index contributed by atoms with van der Waals surface area (Å²) in [4.78, 5) is 39.4. The summed E-state index contributed by atoms with van der Waals surface area (Å²) in [6, 6.07) is 3.14. The van der Waals surface area contributed by atoms with Gasteiger partial charge in [-0.25, -0.2) is 24.3 Å². The topological polar surface area (TPSA) is 241 Å². The van der Waals surface area contributed by atoms with Crippen LogP contribution in [0.15, 0.2) is 51.3 Å². The van der Waals surface area contributed by atoms with Crippen LogP contribution in [0.25, 0.3) is 22.5 Å². The van der Waals surface area contributed by atoms with E-state index in [1.54, 1.807) is 12.1 Å². The number of furan rings is 1. The Labute approximate surface area is 252 Å². The lowest BCUT2D eigenvalue weighted by atomic mass is 10.1. The third-order valence-corrected chi connectivity index (χ3v) is 8.98. The molecule has 6 heterocycles. The van der Waals surface area contributed by atoms with E-state index in [9.17, 15) is 24.4 Å². The maximum absolute atomic E-state index is 13.3. The van der Waals surface area contributed by atoms with Crippen molar-refractivity contribution in [1.29, 1.82) is 0 Å². The number of fused-ring (bicyclic) bond motifs is 1. The lowest BCUT2D eigenvalue weighted by Gasteiger charge is -2.22. The van der Waals surface area contributed by atoms with Gasteiger partial charge in [-0.15, -0.1) is 0 Å². The molecule has 2 saturated heterocycles. The smallest absolute Gasteiger partial charge is 0.386 e. The number of imidazole rings is 1. The second kappa shape index (κ2) is 12.2. The molecule has 2 aliphatic rings. The average molecular weight is 654 g/mol. The van der Waals surface area contributed by atoms with Gasteiger partial charge in [0.1, 0.15) is 54.4 Å². The normalized spacial score (nSPS) is 28.5. The molecule has 6 rings (SSSR count). The van der Waals surface area contributed by atoms with Crippen molar-refractivity contribution in [2.24, 2.45) is 0 Å². The van der Waals surface area contributed by atoms with Crippen molar-refractivity contribution in [3.8, 4) is 11.3 Å². The minimum absolute atomic E-state index is 0.0578. The number of hydrogen-bond donors (Lipinski definition) is 5. The second-order valence-corrected chi connectivity index (χ2v) is 12.9. The van der Waals surface area contributed by atoms with Gasteiger partial charge in [0.05, 0.1) is 31.4 Å². The van der Waals surface area contributed by atoms with Gasteiger partial charge in [-0.05, 0) is 12.1 Å². The SMILES string of the molecule is COC1C(O)C(COP(=O)(S)O[C@@H]2C[C@H](n3cc(-c4ccco4)c(=O)[nH]c3=O)OC2CO)OC1n1cnc2c(N)ncnc21. The van der Waals surface area contributed by atoms with Gasteiger partial charge in [-0.2, -0.15) is 0 Å². The summed E-state index contributed by atoms with van der Waals surface area (Å²) in [5.41, 5.74) is 5.21. The number of methoxy groups -OCH3 is 1. The Bertz CT molecular complexity index is 1800. The van der Waals surface area contributed by atoms with Gasteiger partial charge >= 0.3 is 12.5 Å². The third kappa shape index (κ3) is 5.73. The van der Waals surface area contributed by atoms with E-state index in [0.29, 0.717) is 11.2 Å². The maximum atomic E-state index is 13.3. The molecule has 0 saturated carbocycles. The lowest BCUT2D eigenvalue weighted by molar-refractivity contribution is -0.0587. The molecule has 18 nitrogen and oxygen atoms in total. The highest BCUT2D eigenvalue weighted by atomic mass is 32.7. The zero-order valence-electron chi connectivity index (χ0n) is 22.9. The number of rotatable bonds is 10. The van der Waals surface area contributed by atoms with Gasteiger partial charge < -0.3 is 34.6 Å². The van der Waals surface area contributed by atoms with Crippen LogP contribution >= 0.6 is 19.0 Å². The number of hydrogen-bond acceptors (Lipinski definition) is 15. The summed E-state index contributed by atoms with van der Waals surface area (Å²) in [5, 5.41) is 20.8. The zero-order chi connectivity index (χ0) is 31.2. The number of aromatic amines is 1. The third-order valence-electron chi connectivity index (χ3n) is 7.34. The van der Waals surface area contributed by atoms with Crippen LogP contribution in [-0.2, 0) is 27.8 Å². The van der Waals surface area contributed by atoms with Crippen molar-refractivity contribution in [2.75, 3.05) is 26.1 Å². The van der Waals surface area contributed by atoms with Gasteiger partial charge in [-0.1, -0.05) is 12.2 Å². The Hall–Kier alpha value is -3.39. The van der Waals surface area contributed by atoms with Crippen LogP contribution in [0.1, 0.15) is 18.9 Å². The largest absolute Gasteiger partial charge is 0.464 e. The van der Waals surface area contributed by atoms with Gasteiger partial charge in [-0.3, -0.25) is 28.0 Å². The van der Waals surface area contributed by atoms with E-state index in [-0.39, 0.29) is 23.6 Å². The first-order valence-electron chi connectivity index (χ1n) is 13.2. The highest BCUT2D eigenvalue weighted by Gasteiger charge is 2.47. The summed E-state index contributed by atoms with van der Waals surface area (Å²) in [6.07, 6.45) is -1.83. The molecule has 2 aliphatic heterocycles. The predicted octanol–water partition coefficient (Wildman–Crippen LogP) is 0.211. The molecule has 0 spiro atoms. The van der Waals surface area contributed by atoms with Crippen molar-refractivity contribution in [2.45, 2.75) is 49.4 Å². The summed E-state index contributed by atoms with van der Waals surface area (Å²) in [7, 11) is 1.39. The number of nitrogen functional groups attached to an aromatic ring is 1. The van der Waals surface area contributed by atoms with E-state index in [1.807, 2.05) is 0 Å². The van der Waals surface area contributed by atoms with E-state index in [1.165, 1.54) is 36.8 Å². The molecule has 8 atom stereocenters. The molecule has 5 N–H and O–H groups in total. The molecule has 44 heavy (non-hydrogen) atoms. The number of aromatic nitrogens is 6. The Kier molecular flexibility index (Phi) is 8.48. The molecule has 2 fully saturated rings. The molecule has 0 aliphatic carbocycles. The summed E-state index contributed by atoms with van der Waals surface area (Å²) >= 11 is 4.07. The van der Waals surface area contributed by atoms with Gasteiger partial charge in [0.2, 0.25) is 0 Å². The van der Waals surface area contributed by atoms with Crippen LogP contribution < -0.4 is 17.0 Å². The monoisotopic (exact) mass is 653 g/mol. The molecule has 0 bridgehead atoms. The first-order chi connectivity index (χ1) is 21.1. The summed E-state index contributed by atoms with van der Waals surface area (Å²) in [5.74, 6) is 0.391. The number of thiol groups is 1. The Morgan fingerprint density at radius 3 is 2.77 bits per heavy atom. The predicted molar refractivity (Wildman–Crippen MR) is 153 cm³/mol. The number of H-pyrrole nitrogens is 1. The van der Waals surface area contributed by atoms with Crippen LogP contribution in [0.4, 0.5) is 5.82 Å². The fourth-order valence-electron chi connectivity index (χ4n) is 5.21. The minimum Gasteiger partial charge on any atom is -0.464 e. The van der Waals surface area contributed by atoms with E-state index >= 15 is 0 Å². The number of nitrogens with one attached hydrogen (secondary N) is 1. The molecule has 4 aromatic heterocycles. The van der Waals surface area contributed by atoms with Gasteiger partial charge in [0.25, 0.3) is 5.56 Å². The quantitative estimate of drug-likeness (QED) is 0.114.